The maximum absolute atomic E-state index is 15.3. The van der Waals surface area contributed by atoms with Crippen LogP contribution in [0.15, 0.2) is 29.1 Å². The molecule has 24 nitrogen and oxygen atoms in total. The van der Waals surface area contributed by atoms with Gasteiger partial charge in [-0.25, -0.2) is 9.37 Å². The van der Waals surface area contributed by atoms with Crippen molar-refractivity contribution in [2.75, 3.05) is 53.7 Å². The first-order valence-electron chi connectivity index (χ1n) is 25.3. The number of hydrogen-bond donors (Lipinski definition) is 8. The molecule has 78 heavy (non-hydrogen) atoms. The molecule has 7 rings (SSSR count). The third-order valence-electron chi connectivity index (χ3n) is 12.3. The molecule has 3 atom stereocenters. The van der Waals surface area contributed by atoms with Crippen molar-refractivity contribution in [3.63, 3.8) is 0 Å². The summed E-state index contributed by atoms with van der Waals surface area (Å²) < 4.78 is 28.2. The molecule has 0 saturated heterocycles. The molecule has 9 N–H and O–H groups in total. The summed E-state index contributed by atoms with van der Waals surface area (Å²) in [4.78, 5) is 136. The van der Waals surface area contributed by atoms with Gasteiger partial charge in [-0.15, -0.1) is 0 Å². The van der Waals surface area contributed by atoms with E-state index in [9.17, 15) is 47.9 Å². The Morgan fingerprint density at radius 3 is 2.12 bits per heavy atom. The van der Waals surface area contributed by atoms with Gasteiger partial charge in [-0.1, -0.05) is 40.5 Å². The number of amides is 8. The molecule has 0 bridgehead atoms. The van der Waals surface area contributed by atoms with Crippen LogP contribution in [-0.2, 0) is 77.0 Å². The Morgan fingerprint density at radius 2 is 1.56 bits per heavy atom. The SMILES string of the molecule is CC.CC1CC1.CCC(C=O)c1cc2n(c(=O)c1COC)Cc1c-2nc2cc(F)c(C)c3c2c1C(NC(=O)COCNC(=O)CC([CH2][Pb])NC(=O)CNC(=O)CNC(=O)CN1C(=O)C=CC1=O)CC3.CNCC(=O)O.NC=O. The van der Waals surface area contributed by atoms with Crippen molar-refractivity contribution >= 4 is 96.7 Å². The van der Waals surface area contributed by atoms with E-state index in [4.69, 9.17) is 24.4 Å². The zero-order valence-corrected chi connectivity index (χ0v) is 48.8. The van der Waals surface area contributed by atoms with Crippen LogP contribution in [0.1, 0.15) is 105 Å². The first-order chi connectivity index (χ1) is 37.3. The third kappa shape index (κ3) is 18.7. The molecule has 1 saturated carbocycles. The molecule has 4 aliphatic rings. The fourth-order valence-electron chi connectivity index (χ4n) is 8.30. The molecule has 0 spiro atoms. The molecule has 3 radical (unpaired) electrons. The smallest absolute Gasteiger partial charge is 0.480 e. The number of imide groups is 1. The average Bonchev–Trinajstić information content (AvgIpc) is 4.20. The van der Waals surface area contributed by atoms with Crippen LogP contribution in [0.25, 0.3) is 22.3 Å². The topological polar surface area (TPSA) is 346 Å². The number of nitrogens with two attached hydrogens (primary N) is 1. The zero-order valence-electron chi connectivity index (χ0n) is 44.9. The van der Waals surface area contributed by atoms with E-state index >= 15 is 4.39 Å². The summed E-state index contributed by atoms with van der Waals surface area (Å²) in [7, 11) is 3.07. The molecule has 1 aromatic carbocycles. The van der Waals surface area contributed by atoms with Crippen LogP contribution < -0.4 is 43.2 Å². The number of aldehydes is 1. The number of fused-ring (bicyclic) bond motifs is 4. The Bertz CT molecular complexity index is 2770. The molecule has 26 heteroatoms. The number of methoxy groups -OCH3 is 1. The van der Waals surface area contributed by atoms with E-state index in [2.05, 4.69) is 44.6 Å². The van der Waals surface area contributed by atoms with Gasteiger partial charge in [0.1, 0.15) is 12.1 Å². The second kappa shape index (κ2) is 32.8. The number of carbonyl (C=O) groups is 10. The van der Waals surface area contributed by atoms with Gasteiger partial charge < -0.3 is 30.3 Å². The summed E-state index contributed by atoms with van der Waals surface area (Å²) in [5, 5.41) is 23.9. The van der Waals surface area contributed by atoms with E-state index in [1.807, 2.05) is 20.8 Å². The number of likely N-dealkylation sites (N-methyl/N-ethyl adjacent to an activating group) is 1. The number of aromatic nitrogens is 2. The van der Waals surface area contributed by atoms with Crippen LogP contribution in [0.5, 0.6) is 0 Å². The van der Waals surface area contributed by atoms with Crippen LogP contribution >= 0.6 is 0 Å². The van der Waals surface area contributed by atoms with Gasteiger partial charge in [-0.2, -0.15) is 0 Å². The number of pyridine rings is 2. The van der Waals surface area contributed by atoms with Gasteiger partial charge in [0.15, 0.2) is 0 Å². The number of nitrogens with zero attached hydrogens (tertiary/aromatic N) is 3. The fraction of sp³-hybridized carbons (Fsp3) is 0.500. The molecule has 423 valence electrons. The Balaban J connectivity index is 0.000000939. The Kier molecular flexibility index (Phi) is 27.5. The average molecular weight is 1290 g/mol. The summed E-state index contributed by atoms with van der Waals surface area (Å²) in [6, 6.07) is 2.06. The predicted molar refractivity (Wildman–Crippen MR) is 284 cm³/mol. The first kappa shape index (κ1) is 65.4. The van der Waals surface area contributed by atoms with Gasteiger partial charge in [0.05, 0.1) is 36.6 Å². The van der Waals surface area contributed by atoms with Gasteiger partial charge >= 0.3 is 189 Å². The van der Waals surface area contributed by atoms with Crippen molar-refractivity contribution in [1.29, 1.82) is 0 Å². The van der Waals surface area contributed by atoms with Gasteiger partial charge in [0.2, 0.25) is 6.41 Å². The Hall–Kier alpha value is -6.85. The molecule has 2 aliphatic carbocycles. The number of hydrogen-bond acceptors (Lipinski definition) is 15. The number of carbonyl (C=O) groups excluding carboxylic acids is 9. The van der Waals surface area contributed by atoms with Crippen molar-refractivity contribution in [3.8, 4) is 11.4 Å². The Labute approximate surface area is 466 Å². The number of ether oxygens (including phenoxy) is 2. The summed E-state index contributed by atoms with van der Waals surface area (Å²) in [5.74, 6) is -4.93. The van der Waals surface area contributed by atoms with Gasteiger partial charge in [-0.3, -0.25) is 24.0 Å². The zero-order chi connectivity index (χ0) is 58.2. The number of primary amides is 1. The normalized spacial score (nSPS) is 14.9. The molecule has 3 unspecified atom stereocenters. The van der Waals surface area contributed by atoms with Crippen molar-refractivity contribution in [3.05, 3.63) is 73.8 Å². The fourth-order valence-corrected chi connectivity index (χ4v) is 9.26. The minimum Gasteiger partial charge on any atom is -0.480 e. The second-order valence-corrected chi connectivity index (χ2v) is 19.6. The molecular weight excluding hydrogens is 1210 g/mol. The molecule has 8 amide bonds. The number of rotatable bonds is 22. The van der Waals surface area contributed by atoms with E-state index in [1.165, 1.54) is 26.0 Å². The van der Waals surface area contributed by atoms with Gasteiger partial charge in [-0.05, 0) is 55.5 Å². The van der Waals surface area contributed by atoms with Crippen LogP contribution in [0.4, 0.5) is 4.39 Å². The van der Waals surface area contributed by atoms with E-state index in [-0.39, 0.29) is 44.8 Å². The van der Waals surface area contributed by atoms with E-state index in [0.29, 0.717) is 98.5 Å². The van der Waals surface area contributed by atoms with Crippen molar-refractivity contribution in [1.82, 2.24) is 46.4 Å². The number of aryl methyl sites for hydroxylation is 1. The molecule has 2 aliphatic heterocycles. The summed E-state index contributed by atoms with van der Waals surface area (Å²) in [6.07, 6.45) is 7.33. The second-order valence-electron chi connectivity index (χ2n) is 18.0. The van der Waals surface area contributed by atoms with Crippen LogP contribution in [-0.4, -0.2) is 165 Å². The Morgan fingerprint density at radius 1 is 0.936 bits per heavy atom. The molecule has 2 aromatic heterocycles. The number of carboxylic acids is 1. The third-order valence-corrected chi connectivity index (χ3v) is 14.2. The predicted octanol–water partition coefficient (Wildman–Crippen LogP) is 0.359. The van der Waals surface area contributed by atoms with Crippen LogP contribution in [0.2, 0.25) is 3.98 Å². The number of nitrogens with one attached hydrogen (secondary N) is 6. The molecular formula is C52H70FN10O14Pb. The quantitative estimate of drug-likeness (QED) is 0.0173. The number of carboxylic acid groups (broad SMARTS) is 1. The monoisotopic (exact) mass is 1290 g/mol. The summed E-state index contributed by atoms with van der Waals surface area (Å²) in [6.45, 7) is 7.82. The molecule has 1 fully saturated rings. The van der Waals surface area contributed by atoms with Gasteiger partial charge in [0, 0.05) is 47.8 Å². The number of aliphatic carboxylic acids is 1. The molecule has 4 heterocycles. The van der Waals surface area contributed by atoms with Crippen molar-refractivity contribution in [2.45, 2.75) is 108 Å². The minimum atomic E-state index is -0.822. The summed E-state index contributed by atoms with van der Waals surface area (Å²) >= 11 is 0.635. The van der Waals surface area contributed by atoms with E-state index in [1.54, 1.807) is 24.6 Å². The summed E-state index contributed by atoms with van der Waals surface area (Å²) in [5.41, 5.74) is 8.80. The maximum atomic E-state index is 15.3. The number of benzene rings is 1. The van der Waals surface area contributed by atoms with E-state index in [0.717, 1.165) is 35.5 Å². The molecule has 3 aromatic rings. The minimum absolute atomic E-state index is 0.00550. The van der Waals surface area contributed by atoms with Crippen molar-refractivity contribution < 1.29 is 66.9 Å². The first-order valence-corrected chi connectivity index (χ1v) is 28.0. The van der Waals surface area contributed by atoms with Crippen LogP contribution in [0, 0.1) is 18.7 Å². The van der Waals surface area contributed by atoms with Crippen molar-refractivity contribution in [2.24, 2.45) is 11.7 Å². The number of halogens is 1. The van der Waals surface area contributed by atoms with Gasteiger partial charge in [0.25, 0.3) is 17.4 Å². The van der Waals surface area contributed by atoms with Crippen LogP contribution in [0.3, 0.4) is 0 Å². The standard InChI is InChI=1S/C42H46FN8O11.C4H8.C3H7NO2.C2H6.CH3NO.Pb/c1-5-23(17-52)25-11-31-41-26(15-50(31)42(60)27(25)18-61-4)40-29(7-6-24-22(3)28(43)12-30(49-41)39(24)40)48-36(57)19-62-20-46-32(53)10-21(2)47-34(55)14-44-33(54)13-45-35(56)16-51-37(58)8-9-38(51)59;1-4-2-3-4;1-4-2-3(5)6;1-2;2-1-3;/h8-9,11-12,17,21,23,29H,2,5-7,10,13-16,18-20H2,1,3-4H3,(H,44,54)(H,45,56)(H,46,53)(H,47,55)(H,48,57);4H,2-3H2,1H3;4H,2H2,1H3,(H,5,6);1-2H3;1H,(H2,2,3);. The van der Waals surface area contributed by atoms with E-state index < -0.39 is 97.4 Å².